The van der Waals surface area contributed by atoms with Crippen LogP contribution in [0.5, 0.6) is 5.75 Å². The highest BCUT2D eigenvalue weighted by molar-refractivity contribution is 5.72. The molecule has 0 saturated carbocycles. The highest BCUT2D eigenvalue weighted by Crippen LogP contribution is 2.38. The summed E-state index contributed by atoms with van der Waals surface area (Å²) in [4.78, 5) is 14.0. The molecule has 0 radical (unpaired) electrons. The largest absolute Gasteiger partial charge is 0.482 e. The van der Waals surface area contributed by atoms with E-state index in [1.807, 2.05) is 6.07 Å². The molecule has 1 saturated heterocycles. The van der Waals surface area contributed by atoms with Crippen LogP contribution in [0.2, 0.25) is 0 Å². The molecule has 4 heteroatoms. The van der Waals surface area contributed by atoms with E-state index in [1.165, 1.54) is 11.1 Å². The number of carbonyl (C=O) groups excluding carboxylic acids is 1. The monoisotopic (exact) mass is 377 g/mol. The van der Waals surface area contributed by atoms with Gasteiger partial charge in [-0.3, -0.25) is 0 Å². The summed E-state index contributed by atoms with van der Waals surface area (Å²) in [6.45, 7) is 3.91. The quantitative estimate of drug-likeness (QED) is 0.658. The van der Waals surface area contributed by atoms with Gasteiger partial charge in [-0.05, 0) is 35.8 Å². The van der Waals surface area contributed by atoms with Gasteiger partial charge in [0.15, 0.2) is 0 Å². The molecule has 2 heterocycles. The fourth-order valence-corrected chi connectivity index (χ4v) is 3.81. The number of unbranched alkanes of at least 4 members (excludes halogenated alkanes) is 1. The lowest BCUT2D eigenvalue weighted by Gasteiger charge is -2.41. The number of piperidine rings is 1. The molecule has 2 aromatic carbocycles. The van der Waals surface area contributed by atoms with Crippen LogP contribution in [0.25, 0.3) is 17.2 Å². The summed E-state index contributed by atoms with van der Waals surface area (Å²) < 4.78 is 11.7. The Balaban J connectivity index is 1.41. The van der Waals surface area contributed by atoms with E-state index in [1.54, 1.807) is 4.90 Å². The lowest BCUT2D eigenvalue weighted by atomic mass is 9.88. The van der Waals surface area contributed by atoms with Crippen LogP contribution in [0, 0.1) is 0 Å². The number of ether oxygens (including phenoxy) is 2. The molecule has 0 N–H and O–H groups in total. The molecule has 146 valence electrons. The predicted octanol–water partition coefficient (Wildman–Crippen LogP) is 5.53. The Bertz CT molecular complexity index is 851. The van der Waals surface area contributed by atoms with E-state index in [2.05, 4.69) is 61.5 Å². The van der Waals surface area contributed by atoms with E-state index in [9.17, 15) is 4.79 Å². The number of benzene rings is 2. The van der Waals surface area contributed by atoms with Crippen LogP contribution in [0.15, 0.2) is 54.6 Å². The van der Waals surface area contributed by atoms with Gasteiger partial charge in [0, 0.05) is 31.5 Å². The minimum absolute atomic E-state index is 0.198. The minimum Gasteiger partial charge on any atom is -0.482 e. The SMILES string of the molecule is CCCCOC(=O)N1CCC2(C=Cc3cc(-c4ccccc4)ccc3O2)CC1. The number of hydrogen-bond acceptors (Lipinski definition) is 3. The van der Waals surface area contributed by atoms with Crippen molar-refractivity contribution in [2.45, 2.75) is 38.2 Å². The average Bonchev–Trinajstić information content (AvgIpc) is 2.75. The number of hydrogen-bond donors (Lipinski definition) is 0. The van der Waals surface area contributed by atoms with E-state index >= 15 is 0 Å². The molecule has 1 fully saturated rings. The zero-order valence-electron chi connectivity index (χ0n) is 16.4. The molecular weight excluding hydrogens is 350 g/mol. The molecule has 0 bridgehead atoms. The van der Waals surface area contributed by atoms with E-state index in [4.69, 9.17) is 9.47 Å². The Hall–Kier alpha value is -2.75. The van der Waals surface area contributed by atoms with Gasteiger partial charge < -0.3 is 14.4 Å². The van der Waals surface area contributed by atoms with Crippen molar-refractivity contribution in [3.8, 4) is 16.9 Å². The second-order valence-corrected chi connectivity index (χ2v) is 7.57. The van der Waals surface area contributed by atoms with Crippen LogP contribution in [0.3, 0.4) is 0 Å². The molecule has 0 aromatic heterocycles. The molecule has 2 aliphatic heterocycles. The topological polar surface area (TPSA) is 38.8 Å². The van der Waals surface area contributed by atoms with Gasteiger partial charge in [0.25, 0.3) is 0 Å². The Morgan fingerprint density at radius 2 is 1.89 bits per heavy atom. The van der Waals surface area contributed by atoms with Gasteiger partial charge in [0.2, 0.25) is 0 Å². The molecule has 0 aliphatic carbocycles. The normalized spacial score (nSPS) is 17.1. The van der Waals surface area contributed by atoms with Crippen LogP contribution in [0.4, 0.5) is 4.79 Å². The first-order chi connectivity index (χ1) is 13.7. The summed E-state index contributed by atoms with van der Waals surface area (Å²) in [6.07, 6.45) is 7.65. The molecule has 28 heavy (non-hydrogen) atoms. The second kappa shape index (κ2) is 8.09. The average molecular weight is 377 g/mol. The lowest BCUT2D eigenvalue weighted by Crippen LogP contribution is -2.49. The minimum atomic E-state index is -0.318. The Morgan fingerprint density at radius 3 is 2.64 bits per heavy atom. The smallest absolute Gasteiger partial charge is 0.409 e. The van der Waals surface area contributed by atoms with Gasteiger partial charge in [0.05, 0.1) is 6.61 Å². The highest BCUT2D eigenvalue weighted by atomic mass is 16.6. The van der Waals surface area contributed by atoms with Crippen LogP contribution < -0.4 is 4.74 Å². The molecule has 0 unspecified atom stereocenters. The van der Waals surface area contributed by atoms with E-state index in [0.717, 1.165) is 37.0 Å². The third kappa shape index (κ3) is 3.91. The van der Waals surface area contributed by atoms with Crippen molar-refractivity contribution in [3.05, 3.63) is 60.2 Å². The zero-order chi connectivity index (χ0) is 19.4. The van der Waals surface area contributed by atoms with Crippen LogP contribution >= 0.6 is 0 Å². The molecule has 2 aliphatic rings. The van der Waals surface area contributed by atoms with Crippen LogP contribution in [-0.2, 0) is 4.74 Å². The highest BCUT2D eigenvalue weighted by Gasteiger charge is 2.38. The summed E-state index contributed by atoms with van der Waals surface area (Å²) in [5, 5.41) is 0. The number of amides is 1. The van der Waals surface area contributed by atoms with Gasteiger partial charge in [-0.1, -0.05) is 55.8 Å². The molecule has 2 aromatic rings. The fourth-order valence-electron chi connectivity index (χ4n) is 3.81. The predicted molar refractivity (Wildman–Crippen MR) is 111 cm³/mol. The molecule has 1 amide bonds. The van der Waals surface area contributed by atoms with Crippen molar-refractivity contribution in [1.29, 1.82) is 0 Å². The van der Waals surface area contributed by atoms with Crippen molar-refractivity contribution in [2.24, 2.45) is 0 Å². The van der Waals surface area contributed by atoms with Gasteiger partial charge in [-0.25, -0.2) is 4.79 Å². The first-order valence-electron chi connectivity index (χ1n) is 10.2. The lowest BCUT2D eigenvalue weighted by molar-refractivity contribution is 0.0305. The fraction of sp³-hybridized carbons (Fsp3) is 0.375. The number of carbonyl (C=O) groups is 1. The first kappa shape index (κ1) is 18.6. The van der Waals surface area contributed by atoms with Gasteiger partial charge >= 0.3 is 6.09 Å². The summed E-state index contributed by atoms with van der Waals surface area (Å²) in [6, 6.07) is 16.7. The zero-order valence-corrected chi connectivity index (χ0v) is 16.4. The third-order valence-electron chi connectivity index (χ3n) is 5.59. The molecule has 4 nitrogen and oxygen atoms in total. The Labute approximate surface area is 166 Å². The van der Waals surface area contributed by atoms with E-state index in [-0.39, 0.29) is 11.7 Å². The summed E-state index contributed by atoms with van der Waals surface area (Å²) in [5.74, 6) is 0.918. The summed E-state index contributed by atoms with van der Waals surface area (Å²) >= 11 is 0. The maximum Gasteiger partial charge on any atom is 0.409 e. The molecule has 4 rings (SSSR count). The first-order valence-corrected chi connectivity index (χ1v) is 10.2. The number of nitrogens with zero attached hydrogens (tertiary/aromatic N) is 1. The van der Waals surface area contributed by atoms with Crippen molar-refractivity contribution in [3.63, 3.8) is 0 Å². The Kier molecular flexibility index (Phi) is 5.38. The maximum absolute atomic E-state index is 12.2. The number of fused-ring (bicyclic) bond motifs is 1. The van der Waals surface area contributed by atoms with E-state index in [0.29, 0.717) is 19.7 Å². The maximum atomic E-state index is 12.2. The number of likely N-dealkylation sites (tertiary alicyclic amines) is 1. The van der Waals surface area contributed by atoms with Crippen molar-refractivity contribution in [2.75, 3.05) is 19.7 Å². The third-order valence-corrected chi connectivity index (χ3v) is 5.59. The molecule has 1 spiro atoms. The van der Waals surface area contributed by atoms with E-state index < -0.39 is 0 Å². The summed E-state index contributed by atoms with van der Waals surface area (Å²) in [5.41, 5.74) is 3.18. The van der Waals surface area contributed by atoms with Crippen molar-refractivity contribution >= 4 is 12.2 Å². The van der Waals surface area contributed by atoms with Gasteiger partial charge in [0.1, 0.15) is 11.4 Å². The molecular formula is C24H27NO3. The van der Waals surface area contributed by atoms with Crippen molar-refractivity contribution < 1.29 is 14.3 Å². The van der Waals surface area contributed by atoms with Crippen LogP contribution in [0.1, 0.15) is 38.2 Å². The van der Waals surface area contributed by atoms with Crippen molar-refractivity contribution in [1.82, 2.24) is 4.90 Å². The van der Waals surface area contributed by atoms with Crippen LogP contribution in [-0.4, -0.2) is 36.3 Å². The summed E-state index contributed by atoms with van der Waals surface area (Å²) in [7, 11) is 0. The van der Waals surface area contributed by atoms with Gasteiger partial charge in [-0.2, -0.15) is 0 Å². The standard InChI is InChI=1S/C24H27NO3/c1-2-3-17-27-23(26)25-15-13-24(14-16-25)12-11-21-18-20(9-10-22(21)28-24)19-7-5-4-6-8-19/h4-12,18H,2-3,13-17H2,1H3. The second-order valence-electron chi connectivity index (χ2n) is 7.57. The molecule has 0 atom stereocenters. The van der Waals surface area contributed by atoms with Gasteiger partial charge in [-0.15, -0.1) is 0 Å². The Morgan fingerprint density at radius 1 is 1.11 bits per heavy atom. The number of rotatable bonds is 4.